The topological polar surface area (TPSA) is 0 Å². The van der Waals surface area contributed by atoms with Gasteiger partial charge in [0.15, 0.2) is 0 Å². The molecular weight excluding hydrogens is 465 g/mol. The summed E-state index contributed by atoms with van der Waals surface area (Å²) in [5.74, 6) is -1.71. The Hall–Kier alpha value is -3.33. The minimum absolute atomic E-state index is 0.0335. The molecule has 0 spiro atoms. The van der Waals surface area contributed by atoms with Gasteiger partial charge in [0.25, 0.3) is 0 Å². The van der Waals surface area contributed by atoms with E-state index in [9.17, 15) is 0 Å². The Morgan fingerprint density at radius 1 is 0.514 bits per heavy atom. The average Bonchev–Trinajstić information content (AvgIpc) is 2.85. The van der Waals surface area contributed by atoms with Gasteiger partial charge in [0.2, 0.25) is 0 Å². The van der Waals surface area contributed by atoms with Gasteiger partial charge in [-0.15, -0.1) is 0 Å². The fourth-order valence-electron chi connectivity index (χ4n) is 5.43. The fourth-order valence-corrected chi connectivity index (χ4v) is 5.43. The van der Waals surface area contributed by atoms with Gasteiger partial charge in [0, 0.05) is 5.56 Å². The molecule has 192 valence electrons. The highest BCUT2D eigenvalue weighted by Gasteiger charge is 2.20. The van der Waals surface area contributed by atoms with Gasteiger partial charge in [-0.3, -0.25) is 0 Å². The summed E-state index contributed by atoms with van der Waals surface area (Å²) < 4.78 is 46.3. The Morgan fingerprint density at radius 2 is 1.08 bits per heavy atom. The Balaban J connectivity index is 1.78. The predicted molar refractivity (Wildman–Crippen MR) is 150 cm³/mol. The van der Waals surface area contributed by atoms with Gasteiger partial charge in [-0.2, -0.15) is 0 Å². The molecule has 3 heteroatoms. The third kappa shape index (κ3) is 4.72. The van der Waals surface area contributed by atoms with Crippen LogP contribution in [0.1, 0.15) is 57.9 Å². The van der Waals surface area contributed by atoms with Crippen LogP contribution in [0.4, 0.5) is 13.2 Å². The first kappa shape index (κ1) is 26.7. The third-order valence-electron chi connectivity index (χ3n) is 8.14. The molecular formula is C34H35F3. The third-order valence-corrected chi connectivity index (χ3v) is 8.14. The molecule has 37 heavy (non-hydrogen) atoms. The van der Waals surface area contributed by atoms with E-state index in [1.54, 1.807) is 12.1 Å². The summed E-state index contributed by atoms with van der Waals surface area (Å²) in [5.41, 5.74) is 11.3. The lowest BCUT2D eigenvalue weighted by Crippen LogP contribution is -2.01. The van der Waals surface area contributed by atoms with E-state index in [4.69, 9.17) is 0 Å². The molecule has 0 atom stereocenters. The van der Waals surface area contributed by atoms with Crippen LogP contribution in [0, 0.1) is 65.9 Å². The molecule has 4 rings (SSSR count). The van der Waals surface area contributed by atoms with Crippen LogP contribution in [-0.2, 0) is 6.42 Å². The predicted octanol–water partition coefficient (Wildman–Crippen LogP) is 10.2. The van der Waals surface area contributed by atoms with Crippen molar-refractivity contribution >= 4 is 0 Å². The molecule has 4 aromatic rings. The Labute approximate surface area is 219 Å². The first-order valence-corrected chi connectivity index (χ1v) is 12.9. The van der Waals surface area contributed by atoms with Crippen LogP contribution in [0.2, 0.25) is 0 Å². The molecule has 4 aromatic carbocycles. The number of aryl methyl sites for hydroxylation is 2. The first-order valence-electron chi connectivity index (χ1n) is 12.9. The fraction of sp³-hybridized carbons (Fsp3) is 0.294. The molecule has 0 saturated carbocycles. The smallest absolute Gasteiger partial charge is 0.134 e. The molecule has 0 heterocycles. The zero-order valence-electron chi connectivity index (χ0n) is 23.1. The van der Waals surface area contributed by atoms with Crippen LogP contribution >= 0.6 is 0 Å². The molecule has 0 aliphatic heterocycles. The number of hydrogen-bond acceptors (Lipinski definition) is 0. The molecule has 0 radical (unpaired) electrons. The quantitative estimate of drug-likeness (QED) is 0.256. The van der Waals surface area contributed by atoms with Gasteiger partial charge < -0.3 is 0 Å². The molecule has 0 N–H and O–H groups in total. The van der Waals surface area contributed by atoms with Gasteiger partial charge >= 0.3 is 0 Å². The van der Waals surface area contributed by atoms with E-state index in [-0.39, 0.29) is 5.56 Å². The van der Waals surface area contributed by atoms with Gasteiger partial charge in [-0.1, -0.05) is 37.6 Å². The highest BCUT2D eigenvalue weighted by molar-refractivity contribution is 5.78. The Kier molecular flexibility index (Phi) is 7.37. The van der Waals surface area contributed by atoms with Crippen LogP contribution in [0.25, 0.3) is 33.4 Å². The molecule has 0 aliphatic rings. The van der Waals surface area contributed by atoms with Gasteiger partial charge in [-0.25, -0.2) is 13.2 Å². The second kappa shape index (κ2) is 10.2. The molecule has 0 bridgehead atoms. The van der Waals surface area contributed by atoms with Crippen molar-refractivity contribution in [1.29, 1.82) is 0 Å². The van der Waals surface area contributed by atoms with Crippen molar-refractivity contribution in [2.24, 2.45) is 0 Å². The summed E-state index contributed by atoms with van der Waals surface area (Å²) >= 11 is 0. The average molecular weight is 501 g/mol. The maximum absolute atomic E-state index is 15.5. The Morgan fingerprint density at radius 3 is 1.68 bits per heavy atom. The summed E-state index contributed by atoms with van der Waals surface area (Å²) in [4.78, 5) is 0. The van der Waals surface area contributed by atoms with Crippen LogP contribution in [0.3, 0.4) is 0 Å². The van der Waals surface area contributed by atoms with E-state index < -0.39 is 17.5 Å². The highest BCUT2D eigenvalue weighted by Crippen LogP contribution is 2.38. The molecule has 0 saturated heterocycles. The van der Waals surface area contributed by atoms with E-state index >= 15 is 13.2 Å². The number of rotatable bonds is 5. The van der Waals surface area contributed by atoms with E-state index in [0.717, 1.165) is 51.8 Å². The normalized spacial score (nSPS) is 11.3. The van der Waals surface area contributed by atoms with Crippen LogP contribution in [0.5, 0.6) is 0 Å². The van der Waals surface area contributed by atoms with E-state index in [1.165, 1.54) is 29.3 Å². The van der Waals surface area contributed by atoms with Crippen molar-refractivity contribution < 1.29 is 13.2 Å². The lowest BCUT2D eigenvalue weighted by Gasteiger charge is -2.18. The molecule has 0 fully saturated rings. The van der Waals surface area contributed by atoms with Crippen molar-refractivity contribution in [3.05, 3.63) is 104 Å². The number of benzene rings is 4. The maximum Gasteiger partial charge on any atom is 0.134 e. The van der Waals surface area contributed by atoms with Crippen LogP contribution in [-0.4, -0.2) is 0 Å². The van der Waals surface area contributed by atoms with Gasteiger partial charge in [0.05, 0.1) is 5.56 Å². The zero-order valence-corrected chi connectivity index (χ0v) is 23.1. The van der Waals surface area contributed by atoms with Crippen LogP contribution in [0.15, 0.2) is 42.5 Å². The minimum atomic E-state index is -0.648. The van der Waals surface area contributed by atoms with Gasteiger partial charge in [0.1, 0.15) is 17.5 Å². The van der Waals surface area contributed by atoms with E-state index in [0.29, 0.717) is 22.3 Å². The van der Waals surface area contributed by atoms with Crippen molar-refractivity contribution in [2.75, 3.05) is 0 Å². The molecule has 0 aliphatic carbocycles. The Bertz CT molecular complexity index is 1500. The summed E-state index contributed by atoms with van der Waals surface area (Å²) in [6.07, 6.45) is 1.95. The second-order valence-electron chi connectivity index (χ2n) is 10.3. The number of halogens is 3. The first-order chi connectivity index (χ1) is 17.5. The summed E-state index contributed by atoms with van der Waals surface area (Å²) in [5, 5.41) is 0. The van der Waals surface area contributed by atoms with Crippen molar-refractivity contribution in [1.82, 2.24) is 0 Å². The van der Waals surface area contributed by atoms with Crippen molar-refractivity contribution in [3.63, 3.8) is 0 Å². The van der Waals surface area contributed by atoms with E-state index in [1.807, 2.05) is 53.7 Å². The number of hydrogen-bond donors (Lipinski definition) is 0. The molecule has 0 aromatic heterocycles. The lowest BCUT2D eigenvalue weighted by atomic mass is 9.87. The van der Waals surface area contributed by atoms with E-state index in [2.05, 4.69) is 13.8 Å². The SMILES string of the molecule is CCCc1c(C)cc(-c2c(F)cc(-c3ccc(-c4cc(C)c(C)c(C)c4C)c(F)c3)cc2F)c(C)c1C. The van der Waals surface area contributed by atoms with Crippen molar-refractivity contribution in [3.8, 4) is 33.4 Å². The standard InChI is InChI=1S/C34H35F3/c1-9-10-27-19(3)14-30(24(8)23(27)7)34-32(36)16-26(17-33(34)37)25-11-12-28(31(35)15-25)29-13-18(2)20(4)21(5)22(29)6/h11-17H,9-10H2,1-8H3. The molecule has 0 amide bonds. The van der Waals surface area contributed by atoms with Gasteiger partial charge in [-0.05, 0) is 140 Å². The zero-order chi connectivity index (χ0) is 27.2. The maximum atomic E-state index is 15.5. The lowest BCUT2D eigenvalue weighted by molar-refractivity contribution is 0.590. The molecule has 0 nitrogen and oxygen atoms in total. The monoisotopic (exact) mass is 500 g/mol. The van der Waals surface area contributed by atoms with Crippen LogP contribution < -0.4 is 0 Å². The second-order valence-corrected chi connectivity index (χ2v) is 10.3. The summed E-state index contributed by atoms with van der Waals surface area (Å²) in [6.45, 7) is 16.2. The highest BCUT2D eigenvalue weighted by atomic mass is 19.1. The summed E-state index contributed by atoms with van der Waals surface area (Å²) in [7, 11) is 0. The summed E-state index contributed by atoms with van der Waals surface area (Å²) in [6, 6.07) is 11.3. The molecule has 0 unspecified atom stereocenters. The minimum Gasteiger partial charge on any atom is -0.206 e. The van der Waals surface area contributed by atoms with Crippen molar-refractivity contribution in [2.45, 2.75) is 68.2 Å². The largest absolute Gasteiger partial charge is 0.206 e.